The lowest BCUT2D eigenvalue weighted by atomic mass is 10.0. The molecule has 0 fully saturated rings. The van der Waals surface area contributed by atoms with Crippen molar-refractivity contribution in [2.75, 3.05) is 52.8 Å². The van der Waals surface area contributed by atoms with Crippen LogP contribution in [0.25, 0.3) is 0 Å². The highest BCUT2D eigenvalue weighted by Gasteiger charge is 2.02. The number of carbonyl (C=O) groups is 1. The quantitative estimate of drug-likeness (QED) is 0.351. The van der Waals surface area contributed by atoms with Gasteiger partial charge >= 0.3 is 0 Å². The number of hydrogen-bond donors (Lipinski definition) is 1. The van der Waals surface area contributed by atoms with Crippen molar-refractivity contribution in [1.82, 2.24) is 5.32 Å². The molecule has 1 N–H and O–H groups in total. The molecule has 0 aromatic carbocycles. The average molecular weight is 376 g/mol. The molecule has 0 aliphatic rings. The van der Waals surface area contributed by atoms with Crippen molar-refractivity contribution in [3.63, 3.8) is 0 Å². The summed E-state index contributed by atoms with van der Waals surface area (Å²) >= 11 is 0. The number of rotatable bonds is 19. The molecule has 6 heteroatoms. The fourth-order valence-corrected chi connectivity index (χ4v) is 2.22. The Morgan fingerprint density at radius 2 is 1.42 bits per heavy atom. The molecule has 6 nitrogen and oxygen atoms in total. The molecule has 0 aromatic rings. The third kappa shape index (κ3) is 19.6. The van der Waals surface area contributed by atoms with Crippen LogP contribution in [0.5, 0.6) is 0 Å². The number of carbonyl (C=O) groups excluding carboxylic acids is 1. The zero-order valence-electron chi connectivity index (χ0n) is 17.4. The van der Waals surface area contributed by atoms with E-state index < -0.39 is 0 Å². The SMILES string of the molecule is CCC(C)CCCCC(=O)NCCOCCOCCOCCOC(C)C. The largest absolute Gasteiger partial charge is 0.377 e. The Hall–Kier alpha value is -0.690. The molecule has 1 amide bonds. The first-order chi connectivity index (χ1) is 12.6. The van der Waals surface area contributed by atoms with Gasteiger partial charge in [-0.1, -0.05) is 33.1 Å². The smallest absolute Gasteiger partial charge is 0.220 e. The van der Waals surface area contributed by atoms with Crippen molar-refractivity contribution in [2.24, 2.45) is 5.92 Å². The highest BCUT2D eigenvalue weighted by atomic mass is 16.6. The molecule has 0 radical (unpaired) electrons. The van der Waals surface area contributed by atoms with Crippen molar-refractivity contribution < 1.29 is 23.7 Å². The van der Waals surface area contributed by atoms with Crippen molar-refractivity contribution in [3.05, 3.63) is 0 Å². The van der Waals surface area contributed by atoms with Gasteiger partial charge in [-0.25, -0.2) is 0 Å². The van der Waals surface area contributed by atoms with E-state index >= 15 is 0 Å². The Labute approximate surface area is 160 Å². The number of nitrogens with one attached hydrogen (secondary N) is 1. The Morgan fingerprint density at radius 1 is 0.846 bits per heavy atom. The summed E-state index contributed by atoms with van der Waals surface area (Å²) in [6, 6.07) is 0. The molecule has 1 atom stereocenters. The molecule has 156 valence electrons. The molecule has 0 saturated carbocycles. The lowest BCUT2D eigenvalue weighted by molar-refractivity contribution is -0.121. The van der Waals surface area contributed by atoms with Crippen LogP contribution >= 0.6 is 0 Å². The molecule has 0 heterocycles. The monoisotopic (exact) mass is 375 g/mol. The topological polar surface area (TPSA) is 66.0 Å². The van der Waals surface area contributed by atoms with Crippen LogP contribution in [0.4, 0.5) is 0 Å². The molecule has 0 saturated heterocycles. The Bertz CT molecular complexity index is 313. The second-order valence-electron chi connectivity index (χ2n) is 6.87. The maximum absolute atomic E-state index is 11.7. The first kappa shape index (κ1) is 25.3. The van der Waals surface area contributed by atoms with E-state index in [0.29, 0.717) is 59.2 Å². The average Bonchev–Trinajstić information content (AvgIpc) is 2.62. The number of unbranched alkanes of at least 4 members (excludes halogenated alkanes) is 1. The van der Waals surface area contributed by atoms with E-state index in [2.05, 4.69) is 19.2 Å². The van der Waals surface area contributed by atoms with Crippen LogP contribution in [0.1, 0.15) is 59.8 Å². The van der Waals surface area contributed by atoms with E-state index in [1.165, 1.54) is 12.8 Å². The summed E-state index contributed by atoms with van der Waals surface area (Å²) in [6.07, 6.45) is 5.38. The normalized spacial score (nSPS) is 12.5. The van der Waals surface area contributed by atoms with Crippen LogP contribution in [0.15, 0.2) is 0 Å². The van der Waals surface area contributed by atoms with Crippen LogP contribution in [-0.4, -0.2) is 64.8 Å². The molecule has 1 unspecified atom stereocenters. The van der Waals surface area contributed by atoms with E-state index in [1.54, 1.807) is 0 Å². The first-order valence-electron chi connectivity index (χ1n) is 10.2. The third-order valence-electron chi connectivity index (χ3n) is 4.04. The standard InChI is InChI=1S/C20H41NO5/c1-5-19(4)8-6-7-9-20(22)21-10-11-23-12-13-24-14-15-25-16-17-26-18(2)3/h18-19H,5-17H2,1-4H3,(H,21,22). The van der Waals surface area contributed by atoms with Gasteiger partial charge in [0.2, 0.25) is 5.91 Å². The van der Waals surface area contributed by atoms with Crippen LogP contribution in [0.2, 0.25) is 0 Å². The summed E-state index contributed by atoms with van der Waals surface area (Å²) in [5, 5.41) is 2.89. The second-order valence-corrected chi connectivity index (χ2v) is 6.87. The fourth-order valence-electron chi connectivity index (χ4n) is 2.22. The zero-order valence-corrected chi connectivity index (χ0v) is 17.4. The number of amides is 1. The number of hydrogen-bond acceptors (Lipinski definition) is 5. The van der Waals surface area contributed by atoms with Crippen LogP contribution < -0.4 is 5.32 Å². The minimum atomic E-state index is 0.118. The highest BCUT2D eigenvalue weighted by molar-refractivity contribution is 5.75. The molecular weight excluding hydrogens is 334 g/mol. The van der Waals surface area contributed by atoms with Gasteiger partial charge in [0.1, 0.15) is 0 Å². The summed E-state index contributed by atoms with van der Waals surface area (Å²) < 4.78 is 21.6. The summed E-state index contributed by atoms with van der Waals surface area (Å²) in [5.74, 6) is 0.881. The fraction of sp³-hybridized carbons (Fsp3) is 0.950. The summed E-state index contributed by atoms with van der Waals surface area (Å²) in [7, 11) is 0. The molecule has 0 aliphatic carbocycles. The van der Waals surface area contributed by atoms with Crippen molar-refractivity contribution in [3.8, 4) is 0 Å². The summed E-state index contributed by atoms with van der Waals surface area (Å²) in [5.41, 5.74) is 0. The van der Waals surface area contributed by atoms with E-state index in [-0.39, 0.29) is 12.0 Å². The van der Waals surface area contributed by atoms with Gasteiger partial charge < -0.3 is 24.3 Å². The lowest BCUT2D eigenvalue weighted by Gasteiger charge is -2.09. The van der Waals surface area contributed by atoms with Gasteiger partial charge in [0, 0.05) is 13.0 Å². The first-order valence-corrected chi connectivity index (χ1v) is 10.2. The molecule has 0 aliphatic heterocycles. The van der Waals surface area contributed by atoms with Gasteiger partial charge in [0.05, 0.1) is 52.4 Å². The zero-order chi connectivity index (χ0) is 19.5. The highest BCUT2D eigenvalue weighted by Crippen LogP contribution is 2.11. The maximum Gasteiger partial charge on any atom is 0.220 e. The van der Waals surface area contributed by atoms with E-state index in [1.807, 2.05) is 13.8 Å². The lowest BCUT2D eigenvalue weighted by Crippen LogP contribution is -2.27. The Morgan fingerprint density at radius 3 is 2.00 bits per heavy atom. The number of ether oxygens (including phenoxy) is 4. The van der Waals surface area contributed by atoms with E-state index in [0.717, 1.165) is 18.8 Å². The van der Waals surface area contributed by atoms with Crippen LogP contribution in [-0.2, 0) is 23.7 Å². The van der Waals surface area contributed by atoms with Gasteiger partial charge in [-0.2, -0.15) is 0 Å². The molecule has 26 heavy (non-hydrogen) atoms. The van der Waals surface area contributed by atoms with Crippen molar-refractivity contribution in [2.45, 2.75) is 65.9 Å². The van der Waals surface area contributed by atoms with Gasteiger partial charge in [0.25, 0.3) is 0 Å². The predicted molar refractivity (Wildman–Crippen MR) is 104 cm³/mol. The second kappa shape index (κ2) is 19.1. The molecule has 0 bridgehead atoms. The van der Waals surface area contributed by atoms with E-state index in [9.17, 15) is 4.79 Å². The van der Waals surface area contributed by atoms with Gasteiger partial charge in [-0.15, -0.1) is 0 Å². The van der Waals surface area contributed by atoms with Gasteiger partial charge in [-0.05, 0) is 26.2 Å². The third-order valence-corrected chi connectivity index (χ3v) is 4.04. The van der Waals surface area contributed by atoms with E-state index in [4.69, 9.17) is 18.9 Å². The minimum Gasteiger partial charge on any atom is -0.377 e. The summed E-state index contributed by atoms with van der Waals surface area (Å²) in [4.78, 5) is 11.7. The Balaban J connectivity index is 3.17. The maximum atomic E-state index is 11.7. The molecule has 0 aromatic heterocycles. The van der Waals surface area contributed by atoms with Crippen LogP contribution in [0, 0.1) is 5.92 Å². The minimum absolute atomic E-state index is 0.118. The van der Waals surface area contributed by atoms with Crippen molar-refractivity contribution >= 4 is 5.91 Å². The van der Waals surface area contributed by atoms with Gasteiger partial charge in [-0.3, -0.25) is 4.79 Å². The molecule has 0 rings (SSSR count). The van der Waals surface area contributed by atoms with Crippen LogP contribution in [0.3, 0.4) is 0 Å². The molecular formula is C20H41NO5. The van der Waals surface area contributed by atoms with Gasteiger partial charge in [0.15, 0.2) is 0 Å². The summed E-state index contributed by atoms with van der Waals surface area (Å²) in [6.45, 7) is 12.9. The van der Waals surface area contributed by atoms with Crippen molar-refractivity contribution in [1.29, 1.82) is 0 Å². The molecule has 0 spiro atoms. The Kier molecular flexibility index (Phi) is 18.6. The predicted octanol–water partition coefficient (Wildman–Crippen LogP) is 3.18.